The minimum absolute atomic E-state index is 0.104. The molecule has 0 aliphatic rings. The lowest BCUT2D eigenvalue weighted by Crippen LogP contribution is -2.33. The number of carboxylic acids is 1. The molecule has 1 aromatic heterocycles. The highest BCUT2D eigenvalue weighted by Crippen LogP contribution is 2.27. The van der Waals surface area contributed by atoms with Gasteiger partial charge in [0, 0.05) is 17.7 Å². The van der Waals surface area contributed by atoms with E-state index in [1.165, 1.54) is 6.07 Å². The van der Waals surface area contributed by atoms with Gasteiger partial charge in [-0.1, -0.05) is 13.3 Å². The second-order valence-corrected chi connectivity index (χ2v) is 6.01. The number of nitrogens with one attached hydrogen (secondary N) is 2. The van der Waals surface area contributed by atoms with Gasteiger partial charge < -0.3 is 20.2 Å². The fourth-order valence-corrected chi connectivity index (χ4v) is 2.54. The molecule has 132 valence electrons. The number of thiocarbonyl (C=S) groups is 1. The summed E-state index contributed by atoms with van der Waals surface area (Å²) in [6, 6.07) is 8.49. The third-order valence-electron chi connectivity index (χ3n) is 3.58. The molecule has 0 saturated carbocycles. The fourth-order valence-electron chi connectivity index (χ4n) is 2.30. The molecule has 1 amide bonds. The van der Waals surface area contributed by atoms with Gasteiger partial charge in [-0.3, -0.25) is 4.79 Å². The minimum Gasteiger partial charge on any atom is -0.475 e. The van der Waals surface area contributed by atoms with Crippen molar-refractivity contribution in [1.82, 2.24) is 5.32 Å². The zero-order valence-electron chi connectivity index (χ0n) is 14.1. The molecule has 6 nitrogen and oxygen atoms in total. The number of carbonyl (C=O) groups excluding carboxylic acids is 1. The summed E-state index contributed by atoms with van der Waals surface area (Å²) in [5.41, 5.74) is 2.40. The van der Waals surface area contributed by atoms with Crippen LogP contribution in [0.5, 0.6) is 0 Å². The number of unbranched alkanes of at least 4 members (excludes halogenated alkanes) is 1. The van der Waals surface area contributed by atoms with Crippen LogP contribution < -0.4 is 10.6 Å². The highest BCUT2D eigenvalue weighted by Gasteiger charge is 2.12. The van der Waals surface area contributed by atoms with Crippen molar-refractivity contribution < 1.29 is 19.1 Å². The molecular weight excluding hydrogens is 340 g/mol. The number of carboxylic acid groups (broad SMARTS) is 1. The van der Waals surface area contributed by atoms with E-state index in [1.54, 1.807) is 12.1 Å². The van der Waals surface area contributed by atoms with Gasteiger partial charge in [0.15, 0.2) is 5.11 Å². The van der Waals surface area contributed by atoms with E-state index < -0.39 is 5.97 Å². The molecule has 0 bridgehead atoms. The molecule has 0 aliphatic carbocycles. The van der Waals surface area contributed by atoms with Gasteiger partial charge in [0.05, 0.1) is 0 Å². The van der Waals surface area contributed by atoms with Crippen LogP contribution in [0.3, 0.4) is 0 Å². The van der Waals surface area contributed by atoms with Crippen molar-refractivity contribution >= 4 is 34.9 Å². The van der Waals surface area contributed by atoms with Crippen LogP contribution in [-0.2, 0) is 4.79 Å². The van der Waals surface area contributed by atoms with Gasteiger partial charge >= 0.3 is 5.97 Å². The SMILES string of the molecule is CCCCC(=O)NC(=S)Nc1ccc(-c2ccc(C(=O)O)o2)c(C)c1. The first-order valence-electron chi connectivity index (χ1n) is 7.95. The summed E-state index contributed by atoms with van der Waals surface area (Å²) < 4.78 is 5.32. The van der Waals surface area contributed by atoms with Crippen LogP contribution in [0, 0.1) is 6.92 Å². The van der Waals surface area contributed by atoms with Crippen LogP contribution >= 0.6 is 12.2 Å². The van der Waals surface area contributed by atoms with Gasteiger partial charge in [-0.2, -0.15) is 0 Å². The maximum Gasteiger partial charge on any atom is 0.371 e. The summed E-state index contributed by atoms with van der Waals surface area (Å²) in [5, 5.41) is 14.8. The average Bonchev–Trinajstić information content (AvgIpc) is 3.02. The quantitative estimate of drug-likeness (QED) is 0.676. The molecule has 7 heteroatoms. The lowest BCUT2D eigenvalue weighted by molar-refractivity contribution is -0.119. The van der Waals surface area contributed by atoms with E-state index in [2.05, 4.69) is 10.6 Å². The summed E-state index contributed by atoms with van der Waals surface area (Å²) in [4.78, 5) is 22.6. The maximum atomic E-state index is 11.7. The van der Waals surface area contributed by atoms with Crippen molar-refractivity contribution in [2.45, 2.75) is 33.1 Å². The minimum atomic E-state index is -1.11. The van der Waals surface area contributed by atoms with E-state index >= 15 is 0 Å². The molecule has 0 atom stereocenters. The number of anilines is 1. The zero-order chi connectivity index (χ0) is 18.4. The number of furan rings is 1. The second-order valence-electron chi connectivity index (χ2n) is 5.60. The Kier molecular flexibility index (Phi) is 6.30. The summed E-state index contributed by atoms with van der Waals surface area (Å²) in [7, 11) is 0. The molecular formula is C18H20N2O4S. The van der Waals surface area contributed by atoms with Crippen LogP contribution in [0.15, 0.2) is 34.7 Å². The number of rotatable bonds is 6. The predicted octanol–water partition coefficient (Wildman–Crippen LogP) is 3.96. The number of amides is 1. The monoisotopic (exact) mass is 360 g/mol. The third kappa shape index (κ3) is 5.15. The van der Waals surface area contributed by atoms with Crippen molar-refractivity contribution in [2.75, 3.05) is 5.32 Å². The Morgan fingerprint density at radius 3 is 2.60 bits per heavy atom. The Morgan fingerprint density at radius 1 is 1.24 bits per heavy atom. The van der Waals surface area contributed by atoms with Crippen molar-refractivity contribution in [3.05, 3.63) is 41.7 Å². The van der Waals surface area contributed by atoms with Gasteiger partial charge in [0.2, 0.25) is 11.7 Å². The van der Waals surface area contributed by atoms with Crippen LogP contribution in [-0.4, -0.2) is 22.1 Å². The number of aryl methyl sites for hydroxylation is 1. The Labute approximate surface area is 151 Å². The largest absolute Gasteiger partial charge is 0.475 e. The van der Waals surface area contributed by atoms with Crippen LogP contribution in [0.1, 0.15) is 42.3 Å². The Balaban J connectivity index is 2.04. The molecule has 0 aliphatic heterocycles. The maximum absolute atomic E-state index is 11.7. The molecule has 2 rings (SSSR count). The van der Waals surface area contributed by atoms with Crippen LogP contribution in [0.2, 0.25) is 0 Å². The highest BCUT2D eigenvalue weighted by atomic mass is 32.1. The predicted molar refractivity (Wildman–Crippen MR) is 99.7 cm³/mol. The fraction of sp³-hybridized carbons (Fsp3) is 0.278. The van der Waals surface area contributed by atoms with Gasteiger partial charge in [0.25, 0.3) is 0 Å². The number of hydrogen-bond acceptors (Lipinski definition) is 4. The molecule has 0 unspecified atom stereocenters. The van der Waals surface area contributed by atoms with Crippen molar-refractivity contribution in [2.24, 2.45) is 0 Å². The first-order valence-corrected chi connectivity index (χ1v) is 8.36. The van der Waals surface area contributed by atoms with Crippen molar-refractivity contribution in [3.63, 3.8) is 0 Å². The first kappa shape index (κ1) is 18.7. The summed E-state index contributed by atoms with van der Waals surface area (Å²) in [5.74, 6) is -0.833. The number of aromatic carboxylic acids is 1. The molecule has 0 radical (unpaired) electrons. The Morgan fingerprint density at radius 2 is 2.00 bits per heavy atom. The second kappa shape index (κ2) is 8.43. The standard InChI is InChI=1S/C18H20N2O4S/c1-3-4-5-16(21)20-18(25)19-12-6-7-13(11(2)10-12)14-8-9-15(24-14)17(22)23/h6-10H,3-5H2,1-2H3,(H,22,23)(H2,19,20,21,25). The van der Waals surface area contributed by atoms with Crippen molar-refractivity contribution in [3.8, 4) is 11.3 Å². The Hall–Kier alpha value is -2.67. The van der Waals surface area contributed by atoms with E-state index in [1.807, 2.05) is 26.0 Å². The van der Waals surface area contributed by atoms with Gasteiger partial charge in [-0.05, 0) is 61.5 Å². The lowest BCUT2D eigenvalue weighted by atomic mass is 10.1. The summed E-state index contributed by atoms with van der Waals surface area (Å²) >= 11 is 5.14. The molecule has 1 aromatic carbocycles. The van der Waals surface area contributed by atoms with Crippen molar-refractivity contribution in [1.29, 1.82) is 0 Å². The first-order chi connectivity index (χ1) is 11.9. The number of hydrogen-bond donors (Lipinski definition) is 3. The Bertz CT molecular complexity index is 798. The molecule has 3 N–H and O–H groups in total. The summed E-state index contributed by atoms with van der Waals surface area (Å²) in [6.45, 7) is 3.90. The topological polar surface area (TPSA) is 91.6 Å². The molecule has 0 fully saturated rings. The highest BCUT2D eigenvalue weighted by molar-refractivity contribution is 7.80. The molecule has 25 heavy (non-hydrogen) atoms. The number of benzene rings is 1. The average molecular weight is 360 g/mol. The van der Waals surface area contributed by atoms with E-state index in [0.29, 0.717) is 12.2 Å². The van der Waals surface area contributed by atoms with E-state index in [4.69, 9.17) is 21.7 Å². The van der Waals surface area contributed by atoms with E-state index in [-0.39, 0.29) is 16.8 Å². The molecule has 1 heterocycles. The zero-order valence-corrected chi connectivity index (χ0v) is 14.9. The normalized spacial score (nSPS) is 10.3. The van der Waals surface area contributed by atoms with Gasteiger partial charge in [0.1, 0.15) is 5.76 Å². The lowest BCUT2D eigenvalue weighted by Gasteiger charge is -2.11. The summed E-state index contributed by atoms with van der Waals surface area (Å²) in [6.07, 6.45) is 2.22. The molecule has 0 spiro atoms. The molecule has 0 saturated heterocycles. The third-order valence-corrected chi connectivity index (χ3v) is 3.78. The van der Waals surface area contributed by atoms with Gasteiger partial charge in [-0.25, -0.2) is 4.79 Å². The van der Waals surface area contributed by atoms with Gasteiger partial charge in [-0.15, -0.1) is 0 Å². The van der Waals surface area contributed by atoms with E-state index in [9.17, 15) is 9.59 Å². The molecule has 2 aromatic rings. The van der Waals surface area contributed by atoms with Crippen LogP contribution in [0.25, 0.3) is 11.3 Å². The van der Waals surface area contributed by atoms with Crippen LogP contribution in [0.4, 0.5) is 5.69 Å². The smallest absolute Gasteiger partial charge is 0.371 e. The number of carbonyl (C=O) groups is 2. The van der Waals surface area contributed by atoms with E-state index in [0.717, 1.165) is 29.7 Å².